The number of nitrogens with zero attached hydrogens (tertiary/aromatic N) is 1. The minimum absolute atomic E-state index is 0.00754. The first kappa shape index (κ1) is 26.5. The van der Waals surface area contributed by atoms with Gasteiger partial charge < -0.3 is 25.3 Å². The van der Waals surface area contributed by atoms with Gasteiger partial charge >= 0.3 is 6.03 Å². The quantitative estimate of drug-likeness (QED) is 0.381. The van der Waals surface area contributed by atoms with Crippen LogP contribution in [0, 0.1) is 17.5 Å². The second kappa shape index (κ2) is 11.3. The Morgan fingerprint density at radius 2 is 1.72 bits per heavy atom. The molecule has 204 valence electrons. The van der Waals surface area contributed by atoms with Crippen molar-refractivity contribution in [2.75, 3.05) is 6.61 Å². The second-order valence-corrected chi connectivity index (χ2v) is 9.76. The number of aromatic nitrogens is 1. The molecule has 0 radical (unpaired) electrons. The van der Waals surface area contributed by atoms with Crippen LogP contribution in [-0.4, -0.2) is 41.3 Å². The minimum atomic E-state index is -1.59. The van der Waals surface area contributed by atoms with Gasteiger partial charge in [-0.3, -0.25) is 9.59 Å². The minimum Gasteiger partial charge on any atom is -0.376 e. The van der Waals surface area contributed by atoms with E-state index in [9.17, 15) is 27.6 Å². The molecular weight excluding hydrogens is 513 g/mol. The molecule has 2 heterocycles. The maximum Gasteiger partial charge on any atom is 0.315 e. The molecule has 3 N–H and O–H groups in total. The number of ether oxygens (including phenoxy) is 1. The first-order valence-electron chi connectivity index (χ1n) is 12.7. The Kier molecular flexibility index (Phi) is 7.69. The van der Waals surface area contributed by atoms with E-state index in [0.29, 0.717) is 6.42 Å². The third-order valence-electron chi connectivity index (χ3n) is 7.10. The van der Waals surface area contributed by atoms with Crippen molar-refractivity contribution in [2.24, 2.45) is 0 Å². The van der Waals surface area contributed by atoms with Gasteiger partial charge in [-0.2, -0.15) is 0 Å². The van der Waals surface area contributed by atoms with Gasteiger partial charge in [-0.25, -0.2) is 18.0 Å². The molecule has 1 saturated heterocycles. The molecule has 2 aromatic carbocycles. The fraction of sp³-hybridized carbons (Fsp3) is 0.321. The average molecular weight is 541 g/mol. The molecule has 1 aliphatic heterocycles. The lowest BCUT2D eigenvalue weighted by Crippen LogP contribution is -2.43. The molecule has 2 fully saturated rings. The molecule has 1 saturated carbocycles. The zero-order valence-corrected chi connectivity index (χ0v) is 20.8. The van der Waals surface area contributed by atoms with Crippen molar-refractivity contribution in [3.63, 3.8) is 0 Å². The number of rotatable bonds is 8. The summed E-state index contributed by atoms with van der Waals surface area (Å²) in [6, 6.07) is 13.0. The summed E-state index contributed by atoms with van der Waals surface area (Å²) in [5, 5.41) is 8.67. The number of hydrogen-bond donors (Lipinski definition) is 3. The number of benzene rings is 2. The maximum absolute atomic E-state index is 13.6. The van der Waals surface area contributed by atoms with E-state index in [-0.39, 0.29) is 48.5 Å². The summed E-state index contributed by atoms with van der Waals surface area (Å²) < 4.78 is 47.9. The first-order chi connectivity index (χ1) is 18.8. The van der Waals surface area contributed by atoms with Gasteiger partial charge in [0.1, 0.15) is 5.56 Å². The normalized spacial score (nSPS) is 21.0. The summed E-state index contributed by atoms with van der Waals surface area (Å²) in [7, 11) is 0. The first-order valence-corrected chi connectivity index (χ1v) is 12.7. The van der Waals surface area contributed by atoms with Crippen LogP contribution in [-0.2, 0) is 11.3 Å². The van der Waals surface area contributed by atoms with E-state index in [2.05, 4.69) is 16.0 Å². The van der Waals surface area contributed by atoms with Crippen LogP contribution in [0.25, 0.3) is 0 Å². The van der Waals surface area contributed by atoms with Crippen LogP contribution in [0.4, 0.5) is 18.0 Å². The van der Waals surface area contributed by atoms with Crippen LogP contribution in [0.3, 0.4) is 0 Å². The number of urea groups is 1. The third-order valence-corrected chi connectivity index (χ3v) is 7.10. The van der Waals surface area contributed by atoms with E-state index >= 15 is 0 Å². The summed E-state index contributed by atoms with van der Waals surface area (Å²) in [6.07, 6.45) is 3.45. The molecule has 5 rings (SSSR count). The Morgan fingerprint density at radius 3 is 2.46 bits per heavy atom. The number of pyridine rings is 1. The molecule has 0 bridgehead atoms. The lowest BCUT2D eigenvalue weighted by atomic mass is 9.89. The van der Waals surface area contributed by atoms with Gasteiger partial charge in [0, 0.05) is 6.20 Å². The van der Waals surface area contributed by atoms with Gasteiger partial charge in [-0.05, 0) is 54.7 Å². The highest BCUT2D eigenvalue weighted by Gasteiger charge is 2.37. The van der Waals surface area contributed by atoms with E-state index in [1.54, 1.807) is 0 Å². The largest absolute Gasteiger partial charge is 0.376 e. The monoisotopic (exact) mass is 540 g/mol. The summed E-state index contributed by atoms with van der Waals surface area (Å²) in [5.74, 6) is -4.96. The topological polar surface area (TPSA) is 101 Å². The van der Waals surface area contributed by atoms with Crippen LogP contribution >= 0.6 is 0 Å². The SMILES string of the molecule is O=C1NC2CCC(OC[C@H](NC(=O)c3cccn(Cc4cc(F)c(F)c(F)c4)c3=O)c3ccccc3)CC2N1. The van der Waals surface area contributed by atoms with Gasteiger partial charge in [0.2, 0.25) is 0 Å². The standard InChI is InChI=1S/C28H27F3N4O4/c29-20-11-16(12-21(30)25(20)31)14-35-10-4-7-19(27(35)37)26(36)32-24(17-5-2-1-3-6-17)15-39-18-8-9-22-23(13-18)34-28(38)33-22/h1-7,10-12,18,22-24H,8-9,13-15H2,(H,32,36)(H2,33,34,38)/t18?,22?,23?,24-/m0/s1. The Balaban J connectivity index is 1.30. The molecule has 3 unspecified atom stereocenters. The van der Waals surface area contributed by atoms with Gasteiger partial charge in [-0.1, -0.05) is 30.3 Å². The Bertz CT molecular complexity index is 1410. The Hall–Kier alpha value is -4.12. The smallest absolute Gasteiger partial charge is 0.315 e. The number of fused-ring (bicyclic) bond motifs is 1. The van der Waals surface area contributed by atoms with Crippen molar-refractivity contribution in [2.45, 2.75) is 50.0 Å². The van der Waals surface area contributed by atoms with Crippen molar-refractivity contribution in [3.8, 4) is 0 Å². The fourth-order valence-electron chi connectivity index (χ4n) is 5.10. The number of halogens is 3. The van der Waals surface area contributed by atoms with Gasteiger partial charge in [0.25, 0.3) is 11.5 Å². The van der Waals surface area contributed by atoms with Crippen molar-refractivity contribution in [1.29, 1.82) is 0 Å². The molecule has 39 heavy (non-hydrogen) atoms. The summed E-state index contributed by atoms with van der Waals surface area (Å²) in [4.78, 5) is 37.9. The van der Waals surface area contributed by atoms with Crippen LogP contribution in [0.1, 0.15) is 46.8 Å². The number of nitrogens with one attached hydrogen (secondary N) is 3. The summed E-state index contributed by atoms with van der Waals surface area (Å²) >= 11 is 0. The second-order valence-electron chi connectivity index (χ2n) is 9.76. The molecule has 3 aromatic rings. The predicted molar refractivity (Wildman–Crippen MR) is 136 cm³/mol. The van der Waals surface area contributed by atoms with Crippen molar-refractivity contribution >= 4 is 11.9 Å². The molecule has 4 atom stereocenters. The van der Waals surface area contributed by atoms with Crippen LogP contribution in [0.15, 0.2) is 65.6 Å². The van der Waals surface area contributed by atoms with E-state index < -0.39 is 35.0 Å². The molecule has 11 heteroatoms. The predicted octanol–water partition coefficient (Wildman–Crippen LogP) is 3.40. The molecule has 1 aliphatic carbocycles. The average Bonchev–Trinajstić information content (AvgIpc) is 3.30. The van der Waals surface area contributed by atoms with Gasteiger partial charge in [-0.15, -0.1) is 0 Å². The highest BCUT2D eigenvalue weighted by atomic mass is 19.2. The number of hydrogen-bond acceptors (Lipinski definition) is 4. The van der Waals surface area contributed by atoms with Crippen molar-refractivity contribution in [1.82, 2.24) is 20.5 Å². The number of amides is 3. The molecule has 3 amide bonds. The van der Waals surface area contributed by atoms with Crippen molar-refractivity contribution < 1.29 is 27.5 Å². The zero-order chi connectivity index (χ0) is 27.5. The van der Waals surface area contributed by atoms with E-state index in [0.717, 1.165) is 35.1 Å². The number of carbonyl (C=O) groups is 2. The van der Waals surface area contributed by atoms with Crippen molar-refractivity contribution in [3.05, 3.63) is 105 Å². The Morgan fingerprint density at radius 1 is 1.00 bits per heavy atom. The van der Waals surface area contributed by atoms with E-state index in [1.165, 1.54) is 18.3 Å². The third kappa shape index (κ3) is 5.98. The molecular formula is C28H27F3N4O4. The number of carbonyl (C=O) groups excluding carboxylic acids is 2. The molecule has 8 nitrogen and oxygen atoms in total. The van der Waals surface area contributed by atoms with Gasteiger partial charge in [0.05, 0.1) is 37.4 Å². The van der Waals surface area contributed by atoms with E-state index in [1.807, 2.05) is 30.3 Å². The lowest BCUT2D eigenvalue weighted by Gasteiger charge is -2.31. The fourth-order valence-corrected chi connectivity index (χ4v) is 5.10. The lowest BCUT2D eigenvalue weighted by molar-refractivity contribution is 0.00700. The summed E-state index contributed by atoms with van der Waals surface area (Å²) in [5.41, 5.74) is -0.0220. The molecule has 0 spiro atoms. The van der Waals surface area contributed by atoms with Crippen LogP contribution in [0.2, 0.25) is 0 Å². The maximum atomic E-state index is 13.6. The van der Waals surface area contributed by atoms with Crippen LogP contribution < -0.4 is 21.5 Å². The zero-order valence-electron chi connectivity index (χ0n) is 20.8. The van der Waals surface area contributed by atoms with Gasteiger partial charge in [0.15, 0.2) is 17.5 Å². The van der Waals surface area contributed by atoms with Crippen LogP contribution in [0.5, 0.6) is 0 Å². The Labute approximate surface area is 222 Å². The summed E-state index contributed by atoms with van der Waals surface area (Å²) in [6.45, 7) is -0.108. The highest BCUT2D eigenvalue weighted by Crippen LogP contribution is 2.26. The molecule has 1 aromatic heterocycles. The van der Waals surface area contributed by atoms with E-state index in [4.69, 9.17) is 4.74 Å². The molecule has 2 aliphatic rings. The highest BCUT2D eigenvalue weighted by molar-refractivity contribution is 5.94.